The number of aromatic amines is 2. The molecule has 0 atom stereocenters. The summed E-state index contributed by atoms with van der Waals surface area (Å²) in [6.07, 6.45) is 0. The molecule has 8 heteroatoms. The molecule has 0 unspecified atom stereocenters. The van der Waals surface area contributed by atoms with E-state index < -0.39 is 0 Å². The molecular formula is C25H24N6O2. The second-order valence-electron chi connectivity index (χ2n) is 8.41. The summed E-state index contributed by atoms with van der Waals surface area (Å²) in [7, 11) is 1.63. The zero-order valence-corrected chi connectivity index (χ0v) is 18.5. The average molecular weight is 441 g/mol. The fraction of sp³-hybridized carbons (Fsp3) is 0.240. The summed E-state index contributed by atoms with van der Waals surface area (Å²) in [5.74, 6) is 0.750. The molecular weight excluding hydrogens is 416 g/mol. The molecule has 33 heavy (non-hydrogen) atoms. The van der Waals surface area contributed by atoms with Gasteiger partial charge in [-0.05, 0) is 43.3 Å². The number of nitrogens with one attached hydrogen (secondary N) is 3. The lowest BCUT2D eigenvalue weighted by atomic mass is 9.98. The predicted molar refractivity (Wildman–Crippen MR) is 131 cm³/mol. The van der Waals surface area contributed by atoms with Gasteiger partial charge in [-0.15, -0.1) is 0 Å². The molecule has 0 aliphatic carbocycles. The normalized spacial score (nSPS) is 14.4. The minimum atomic E-state index is -0.157. The van der Waals surface area contributed by atoms with Crippen molar-refractivity contribution in [3.05, 3.63) is 58.5 Å². The number of methoxy groups -OCH3 is 1. The highest BCUT2D eigenvalue weighted by molar-refractivity contribution is 6.21. The number of nitrogens with zero attached hydrogens (tertiary/aromatic N) is 3. The number of aromatic nitrogens is 4. The van der Waals surface area contributed by atoms with Crippen LogP contribution in [0.1, 0.15) is 5.69 Å². The van der Waals surface area contributed by atoms with Crippen LogP contribution in [0.15, 0.2) is 47.3 Å². The molecule has 0 saturated carbocycles. The van der Waals surface area contributed by atoms with E-state index in [0.717, 1.165) is 70.5 Å². The predicted octanol–water partition coefficient (Wildman–Crippen LogP) is 3.35. The Balaban J connectivity index is 1.67. The van der Waals surface area contributed by atoms with E-state index in [0.29, 0.717) is 16.7 Å². The summed E-state index contributed by atoms with van der Waals surface area (Å²) < 4.78 is 5.30. The largest absolute Gasteiger partial charge is 0.497 e. The molecule has 0 amide bonds. The van der Waals surface area contributed by atoms with Crippen molar-refractivity contribution in [2.75, 3.05) is 38.2 Å². The molecule has 1 aliphatic heterocycles. The van der Waals surface area contributed by atoms with Gasteiger partial charge in [0.15, 0.2) is 5.65 Å². The van der Waals surface area contributed by atoms with Gasteiger partial charge in [0.2, 0.25) is 0 Å². The zero-order chi connectivity index (χ0) is 22.5. The van der Waals surface area contributed by atoms with Crippen molar-refractivity contribution in [3.8, 4) is 17.0 Å². The van der Waals surface area contributed by atoms with Gasteiger partial charge in [0.05, 0.1) is 29.1 Å². The van der Waals surface area contributed by atoms with Crippen molar-refractivity contribution >= 4 is 38.4 Å². The van der Waals surface area contributed by atoms with Gasteiger partial charge in [-0.3, -0.25) is 9.89 Å². The molecule has 6 rings (SSSR count). The maximum atomic E-state index is 13.5. The van der Waals surface area contributed by atoms with Gasteiger partial charge in [-0.2, -0.15) is 5.10 Å². The summed E-state index contributed by atoms with van der Waals surface area (Å²) in [6.45, 7) is 5.77. The second kappa shape index (κ2) is 7.60. The Bertz CT molecular complexity index is 1560. The Labute approximate surface area is 189 Å². The van der Waals surface area contributed by atoms with Gasteiger partial charge in [-0.25, -0.2) is 4.98 Å². The molecule has 3 aromatic heterocycles. The highest BCUT2D eigenvalue weighted by Gasteiger charge is 2.20. The first kappa shape index (κ1) is 19.8. The zero-order valence-electron chi connectivity index (χ0n) is 18.5. The van der Waals surface area contributed by atoms with Crippen LogP contribution in [0.2, 0.25) is 0 Å². The summed E-state index contributed by atoms with van der Waals surface area (Å²) in [6, 6.07) is 13.9. The van der Waals surface area contributed by atoms with Crippen molar-refractivity contribution in [3.63, 3.8) is 0 Å². The van der Waals surface area contributed by atoms with E-state index in [4.69, 9.17) is 9.72 Å². The van der Waals surface area contributed by atoms with E-state index in [9.17, 15) is 4.79 Å². The van der Waals surface area contributed by atoms with E-state index >= 15 is 0 Å². The van der Waals surface area contributed by atoms with Crippen molar-refractivity contribution in [2.45, 2.75) is 6.92 Å². The third-order valence-corrected chi connectivity index (χ3v) is 6.48. The SMILES string of the molecule is COc1ccc(-c2nc3n[nH]c(C)c3c3c2c(=O)[nH]c2cc(N4CCNCC4)ccc23)cc1. The van der Waals surface area contributed by atoms with Gasteiger partial charge in [0.25, 0.3) is 5.56 Å². The topological polar surface area (TPSA) is 98.9 Å². The number of piperazine rings is 1. The van der Waals surface area contributed by atoms with E-state index in [2.05, 4.69) is 43.6 Å². The highest BCUT2D eigenvalue weighted by atomic mass is 16.5. The summed E-state index contributed by atoms with van der Waals surface area (Å²) in [5, 5.41) is 14.2. The summed E-state index contributed by atoms with van der Waals surface area (Å²) in [4.78, 5) is 23.8. The number of anilines is 1. The van der Waals surface area contributed by atoms with Crippen LogP contribution in [-0.2, 0) is 0 Å². The Morgan fingerprint density at radius 1 is 1.00 bits per heavy atom. The van der Waals surface area contributed by atoms with Crippen LogP contribution in [0.3, 0.4) is 0 Å². The van der Waals surface area contributed by atoms with Crippen LogP contribution < -0.4 is 20.5 Å². The van der Waals surface area contributed by atoms with Gasteiger partial charge in [0, 0.05) is 53.9 Å². The molecule has 0 radical (unpaired) electrons. The standard InChI is InChI=1S/C25H24N6O2/c1-14-20-21-18-8-5-16(31-11-9-26-10-12-31)13-19(18)27-25(32)22(21)23(28-24(20)30-29-14)15-3-6-17(33-2)7-4-15/h3-8,13,26H,9-12H2,1-2H3,(H,27,32)(H,28,29,30). The minimum absolute atomic E-state index is 0.157. The van der Waals surface area contributed by atoms with Crippen LogP contribution in [0, 0.1) is 6.92 Å². The maximum absolute atomic E-state index is 13.5. The number of ether oxygens (including phenoxy) is 1. The number of aryl methyl sites for hydroxylation is 1. The van der Waals surface area contributed by atoms with Crippen LogP contribution in [-0.4, -0.2) is 53.5 Å². The molecule has 2 aromatic carbocycles. The molecule has 4 heterocycles. The Morgan fingerprint density at radius 3 is 2.55 bits per heavy atom. The number of H-pyrrole nitrogens is 2. The lowest BCUT2D eigenvalue weighted by Gasteiger charge is -2.29. The molecule has 0 spiro atoms. The quantitative estimate of drug-likeness (QED) is 0.372. The lowest BCUT2D eigenvalue weighted by molar-refractivity contribution is 0.415. The van der Waals surface area contributed by atoms with Gasteiger partial charge in [-0.1, -0.05) is 6.07 Å². The van der Waals surface area contributed by atoms with Gasteiger partial charge >= 0.3 is 0 Å². The maximum Gasteiger partial charge on any atom is 0.258 e. The average Bonchev–Trinajstić information content (AvgIpc) is 3.24. The fourth-order valence-corrected chi connectivity index (χ4v) is 4.81. The van der Waals surface area contributed by atoms with Crippen LogP contribution >= 0.6 is 0 Å². The molecule has 3 N–H and O–H groups in total. The lowest BCUT2D eigenvalue weighted by Crippen LogP contribution is -2.43. The summed E-state index contributed by atoms with van der Waals surface area (Å²) in [5.41, 5.74) is 4.72. The highest BCUT2D eigenvalue weighted by Crippen LogP contribution is 2.36. The van der Waals surface area contributed by atoms with Gasteiger partial charge in [0.1, 0.15) is 5.75 Å². The molecule has 1 aliphatic rings. The number of hydrogen-bond donors (Lipinski definition) is 3. The van der Waals surface area contributed by atoms with E-state index in [-0.39, 0.29) is 5.56 Å². The number of fused-ring (bicyclic) bond motifs is 5. The van der Waals surface area contributed by atoms with E-state index in [1.54, 1.807) is 7.11 Å². The monoisotopic (exact) mass is 440 g/mol. The molecule has 1 saturated heterocycles. The minimum Gasteiger partial charge on any atom is -0.497 e. The van der Waals surface area contributed by atoms with Gasteiger partial charge < -0.3 is 19.9 Å². The van der Waals surface area contributed by atoms with Crippen LogP contribution in [0.25, 0.3) is 44.0 Å². The first-order valence-electron chi connectivity index (χ1n) is 11.1. The number of hydrogen-bond acceptors (Lipinski definition) is 6. The number of pyridine rings is 2. The van der Waals surface area contributed by atoms with Crippen molar-refractivity contribution in [1.82, 2.24) is 25.5 Å². The molecule has 166 valence electrons. The molecule has 5 aromatic rings. The molecule has 8 nitrogen and oxygen atoms in total. The smallest absolute Gasteiger partial charge is 0.258 e. The van der Waals surface area contributed by atoms with E-state index in [1.807, 2.05) is 31.2 Å². The van der Waals surface area contributed by atoms with Crippen molar-refractivity contribution in [1.29, 1.82) is 0 Å². The van der Waals surface area contributed by atoms with Crippen molar-refractivity contribution < 1.29 is 4.74 Å². The Kier molecular flexibility index (Phi) is 4.55. The first-order valence-corrected chi connectivity index (χ1v) is 11.1. The number of rotatable bonds is 3. The summed E-state index contributed by atoms with van der Waals surface area (Å²) >= 11 is 0. The molecule has 0 bridgehead atoms. The second-order valence-corrected chi connectivity index (χ2v) is 8.41. The fourth-order valence-electron chi connectivity index (χ4n) is 4.81. The van der Waals surface area contributed by atoms with Crippen LogP contribution in [0.5, 0.6) is 5.75 Å². The Morgan fingerprint density at radius 2 is 1.79 bits per heavy atom. The molecule has 1 fully saturated rings. The van der Waals surface area contributed by atoms with Crippen LogP contribution in [0.4, 0.5) is 5.69 Å². The Hall–Kier alpha value is -3.91. The van der Waals surface area contributed by atoms with E-state index in [1.165, 1.54) is 0 Å². The number of benzene rings is 2. The first-order chi connectivity index (χ1) is 16.1. The third-order valence-electron chi connectivity index (χ3n) is 6.48. The van der Waals surface area contributed by atoms with Crippen molar-refractivity contribution in [2.24, 2.45) is 0 Å². The third kappa shape index (κ3) is 3.14.